The summed E-state index contributed by atoms with van der Waals surface area (Å²) in [6.07, 6.45) is 0.593. The maximum Gasteiger partial charge on any atom is 0.142 e. The molecule has 0 spiro atoms. The van der Waals surface area contributed by atoms with E-state index in [1.165, 1.54) is 23.5 Å². The molecule has 5 heteroatoms. The number of halogens is 3. The zero-order valence-corrected chi connectivity index (χ0v) is 12.4. The van der Waals surface area contributed by atoms with Crippen LogP contribution >= 0.6 is 38.9 Å². The second-order valence-corrected chi connectivity index (χ2v) is 6.08. The van der Waals surface area contributed by atoms with Crippen molar-refractivity contribution in [1.29, 1.82) is 0 Å². The van der Waals surface area contributed by atoms with Gasteiger partial charge in [-0.15, -0.1) is 11.3 Å². The van der Waals surface area contributed by atoms with Gasteiger partial charge in [0.15, 0.2) is 0 Å². The normalized spacial score (nSPS) is 10.6. The average Bonchev–Trinajstić information content (AvgIpc) is 2.69. The Bertz CT molecular complexity index is 582. The van der Waals surface area contributed by atoms with Crippen LogP contribution in [-0.2, 0) is 17.6 Å². The third kappa shape index (κ3) is 3.40. The molecule has 0 fully saturated rings. The van der Waals surface area contributed by atoms with Gasteiger partial charge in [0.05, 0.1) is 0 Å². The van der Waals surface area contributed by atoms with E-state index in [1.807, 2.05) is 11.4 Å². The monoisotopic (exact) mass is 346 g/mol. The van der Waals surface area contributed by atoms with Gasteiger partial charge in [0.2, 0.25) is 0 Å². The van der Waals surface area contributed by atoms with E-state index in [0.717, 1.165) is 9.35 Å². The molecule has 0 N–H and O–H groups in total. The van der Waals surface area contributed by atoms with Crippen LogP contribution in [0.25, 0.3) is 0 Å². The Kier molecular flexibility index (Phi) is 4.54. The lowest BCUT2D eigenvalue weighted by Gasteiger charge is -2.03. The Morgan fingerprint density at radius 3 is 2.72 bits per heavy atom. The maximum atomic E-state index is 12.9. The fourth-order valence-electron chi connectivity index (χ4n) is 1.57. The summed E-state index contributed by atoms with van der Waals surface area (Å²) in [5.41, 5.74) is 0.663. The standard InChI is InChI=1S/C13H9BrClFOS/c14-11-3-4-18-13(11)7-10(17)5-8-1-2-9(16)6-12(8)15/h1-4,6H,5,7H2. The Hall–Kier alpha value is -0.710. The highest BCUT2D eigenvalue weighted by Gasteiger charge is 2.11. The van der Waals surface area contributed by atoms with Crippen LogP contribution in [0.15, 0.2) is 34.1 Å². The van der Waals surface area contributed by atoms with E-state index in [-0.39, 0.29) is 12.2 Å². The molecule has 18 heavy (non-hydrogen) atoms. The first-order valence-corrected chi connectivity index (χ1v) is 7.29. The predicted molar refractivity (Wildman–Crippen MR) is 75.8 cm³/mol. The summed E-state index contributed by atoms with van der Waals surface area (Å²) in [5, 5.41) is 2.23. The van der Waals surface area contributed by atoms with Crippen LogP contribution in [0.1, 0.15) is 10.4 Å². The smallest absolute Gasteiger partial charge is 0.142 e. The van der Waals surface area contributed by atoms with Gasteiger partial charge in [0.1, 0.15) is 11.6 Å². The van der Waals surface area contributed by atoms with Crippen molar-refractivity contribution in [3.63, 3.8) is 0 Å². The molecule has 0 saturated heterocycles. The Morgan fingerprint density at radius 1 is 1.33 bits per heavy atom. The lowest BCUT2D eigenvalue weighted by atomic mass is 10.1. The highest BCUT2D eigenvalue weighted by atomic mass is 79.9. The van der Waals surface area contributed by atoms with Crippen LogP contribution in [0, 0.1) is 5.82 Å². The molecule has 0 aliphatic heterocycles. The number of hydrogen-bond donors (Lipinski definition) is 0. The summed E-state index contributed by atoms with van der Waals surface area (Å²) in [6, 6.07) is 6.01. The number of benzene rings is 1. The minimum Gasteiger partial charge on any atom is -0.299 e. The van der Waals surface area contributed by atoms with E-state index in [1.54, 1.807) is 6.07 Å². The van der Waals surface area contributed by atoms with Crippen molar-refractivity contribution < 1.29 is 9.18 Å². The minimum absolute atomic E-state index is 0.0617. The maximum absolute atomic E-state index is 12.9. The van der Waals surface area contributed by atoms with E-state index in [4.69, 9.17) is 11.6 Å². The molecular formula is C13H9BrClFOS. The zero-order chi connectivity index (χ0) is 13.1. The summed E-state index contributed by atoms with van der Waals surface area (Å²) >= 11 is 10.8. The Balaban J connectivity index is 2.05. The quantitative estimate of drug-likeness (QED) is 0.786. The fourth-order valence-corrected chi connectivity index (χ4v) is 3.33. The van der Waals surface area contributed by atoms with Gasteiger partial charge in [-0.2, -0.15) is 0 Å². The van der Waals surface area contributed by atoms with Crippen molar-refractivity contribution in [1.82, 2.24) is 0 Å². The number of ketones is 1. The molecule has 2 rings (SSSR count). The number of carbonyl (C=O) groups excluding carboxylic acids is 1. The first-order chi connectivity index (χ1) is 8.56. The molecule has 1 heterocycles. The van der Waals surface area contributed by atoms with Gasteiger partial charge in [-0.05, 0) is 45.1 Å². The van der Waals surface area contributed by atoms with Gasteiger partial charge >= 0.3 is 0 Å². The summed E-state index contributed by atoms with van der Waals surface area (Å²) in [4.78, 5) is 12.9. The second kappa shape index (κ2) is 5.95. The van der Waals surface area contributed by atoms with Crippen molar-refractivity contribution in [3.8, 4) is 0 Å². The van der Waals surface area contributed by atoms with E-state index in [0.29, 0.717) is 17.0 Å². The SMILES string of the molecule is O=C(Cc1ccc(F)cc1Cl)Cc1sccc1Br. The topological polar surface area (TPSA) is 17.1 Å². The summed E-state index contributed by atoms with van der Waals surface area (Å²) in [7, 11) is 0. The van der Waals surface area contributed by atoms with Gasteiger partial charge in [-0.1, -0.05) is 17.7 Å². The molecule has 0 amide bonds. The van der Waals surface area contributed by atoms with Crippen LogP contribution in [0.3, 0.4) is 0 Å². The lowest BCUT2D eigenvalue weighted by molar-refractivity contribution is -0.117. The van der Waals surface area contributed by atoms with Crippen molar-refractivity contribution >= 4 is 44.7 Å². The largest absolute Gasteiger partial charge is 0.299 e. The molecule has 0 unspecified atom stereocenters. The van der Waals surface area contributed by atoms with Gasteiger partial charge in [-0.25, -0.2) is 4.39 Å². The number of rotatable bonds is 4. The highest BCUT2D eigenvalue weighted by Crippen LogP contribution is 2.24. The van der Waals surface area contributed by atoms with E-state index in [9.17, 15) is 9.18 Å². The molecule has 1 aromatic carbocycles. The molecule has 0 atom stereocenters. The minimum atomic E-state index is -0.391. The predicted octanol–water partition coefficient (Wildman–Crippen LogP) is 4.66. The first-order valence-electron chi connectivity index (χ1n) is 5.24. The second-order valence-electron chi connectivity index (χ2n) is 3.82. The molecule has 2 aromatic rings. The van der Waals surface area contributed by atoms with E-state index < -0.39 is 5.82 Å². The zero-order valence-electron chi connectivity index (χ0n) is 9.25. The number of hydrogen-bond acceptors (Lipinski definition) is 2. The molecule has 0 aliphatic rings. The van der Waals surface area contributed by atoms with Gasteiger partial charge in [0, 0.05) is 27.2 Å². The third-order valence-electron chi connectivity index (χ3n) is 2.45. The summed E-state index contributed by atoms with van der Waals surface area (Å²) < 4.78 is 13.8. The van der Waals surface area contributed by atoms with E-state index >= 15 is 0 Å². The van der Waals surface area contributed by atoms with Crippen LogP contribution in [0.2, 0.25) is 5.02 Å². The van der Waals surface area contributed by atoms with E-state index in [2.05, 4.69) is 15.9 Å². The molecule has 0 saturated carbocycles. The third-order valence-corrected chi connectivity index (χ3v) is 4.73. The Labute approximate surface area is 122 Å². The number of carbonyl (C=O) groups is 1. The van der Waals surface area contributed by atoms with Crippen molar-refractivity contribution in [2.75, 3.05) is 0 Å². The molecule has 1 nitrogen and oxygen atoms in total. The van der Waals surface area contributed by atoms with Gasteiger partial charge in [0.25, 0.3) is 0 Å². The van der Waals surface area contributed by atoms with Crippen molar-refractivity contribution in [3.05, 3.63) is 55.4 Å². The van der Waals surface area contributed by atoms with Gasteiger partial charge in [-0.3, -0.25) is 4.79 Å². The number of thiophene rings is 1. The van der Waals surface area contributed by atoms with Crippen molar-refractivity contribution in [2.24, 2.45) is 0 Å². The van der Waals surface area contributed by atoms with Gasteiger partial charge < -0.3 is 0 Å². The molecule has 0 bridgehead atoms. The average molecular weight is 348 g/mol. The summed E-state index contributed by atoms with van der Waals surface area (Å²) in [6.45, 7) is 0. The highest BCUT2D eigenvalue weighted by molar-refractivity contribution is 9.10. The number of Topliss-reactive ketones (excluding diaryl/α,β-unsaturated/α-hetero) is 1. The van der Waals surface area contributed by atoms with Crippen LogP contribution in [0.4, 0.5) is 4.39 Å². The Morgan fingerprint density at radius 2 is 2.11 bits per heavy atom. The first kappa shape index (κ1) is 13.7. The van der Waals surface area contributed by atoms with Crippen LogP contribution in [0.5, 0.6) is 0 Å². The summed E-state index contributed by atoms with van der Waals surface area (Å²) in [5.74, 6) is -0.330. The van der Waals surface area contributed by atoms with Crippen LogP contribution < -0.4 is 0 Å². The molecular weight excluding hydrogens is 339 g/mol. The van der Waals surface area contributed by atoms with Crippen LogP contribution in [-0.4, -0.2) is 5.78 Å². The fraction of sp³-hybridized carbons (Fsp3) is 0.154. The molecule has 0 aliphatic carbocycles. The lowest BCUT2D eigenvalue weighted by Crippen LogP contribution is -2.06. The van der Waals surface area contributed by atoms with Crippen molar-refractivity contribution in [2.45, 2.75) is 12.8 Å². The molecule has 94 valence electrons. The molecule has 0 radical (unpaired) electrons. The molecule has 1 aromatic heterocycles.